The average molecular weight is 853 g/mol. The van der Waals surface area contributed by atoms with Crippen LogP contribution in [0.3, 0.4) is 0 Å². The zero-order chi connectivity index (χ0) is 35.1. The fourth-order valence-corrected chi connectivity index (χ4v) is 7.01. The summed E-state index contributed by atoms with van der Waals surface area (Å²) in [5.41, 5.74) is 15.1. The summed E-state index contributed by atoms with van der Waals surface area (Å²) in [7, 11) is 4.34. The van der Waals surface area contributed by atoms with Crippen molar-refractivity contribution >= 4 is 45.8 Å². The van der Waals surface area contributed by atoms with E-state index >= 15 is 0 Å². The third-order valence-electron chi connectivity index (χ3n) is 9.73. The fourth-order valence-electron chi connectivity index (χ4n) is 7.01. The molecule has 0 atom stereocenters. The Hall–Kier alpha value is -5.49. The molecule has 1 radical (unpaired) electrons. The van der Waals surface area contributed by atoms with E-state index in [1.807, 2.05) is 61.8 Å². The molecule has 9 rings (SSSR count). The molecule has 0 saturated carbocycles. The molecular formula is C45H37BIrN4O-2. The molecule has 1 aliphatic heterocycles. The number of hydrogen-bond acceptors (Lipinski definition) is 5. The first-order valence-electron chi connectivity index (χ1n) is 17.2. The number of anilines is 2. The van der Waals surface area contributed by atoms with Gasteiger partial charge in [0.2, 0.25) is 0 Å². The largest absolute Gasteiger partial charge is 0.501 e. The van der Waals surface area contributed by atoms with E-state index in [0.29, 0.717) is 0 Å². The van der Waals surface area contributed by atoms with E-state index < -0.39 is 0 Å². The van der Waals surface area contributed by atoms with Crippen LogP contribution in [0, 0.1) is 32.9 Å². The Morgan fingerprint density at radius 2 is 1.40 bits per heavy atom. The van der Waals surface area contributed by atoms with Crippen molar-refractivity contribution in [3.8, 4) is 33.6 Å². The monoisotopic (exact) mass is 853 g/mol. The zero-order valence-electron chi connectivity index (χ0n) is 29.8. The van der Waals surface area contributed by atoms with Crippen LogP contribution >= 0.6 is 0 Å². The molecule has 257 valence electrons. The first kappa shape index (κ1) is 34.9. The Balaban J connectivity index is 0.000000236. The van der Waals surface area contributed by atoms with Gasteiger partial charge in [-0.1, -0.05) is 90.7 Å². The van der Waals surface area contributed by atoms with E-state index in [9.17, 15) is 0 Å². The Morgan fingerprint density at radius 1 is 0.654 bits per heavy atom. The molecule has 7 heteroatoms. The number of aromatic nitrogens is 2. The third kappa shape index (κ3) is 6.54. The SMILES string of the molecule is Cc1c[c-]c(-c2ccc(C)cn2)cc1.Cc1cnc(-c2[c-]ccc3c2oc2ccccc23)cc1-c1ccc2c(c1)N(C)B(c1ccccc1)N2C.[Ir]. The van der Waals surface area contributed by atoms with Crippen molar-refractivity contribution in [3.63, 3.8) is 0 Å². The smallest absolute Gasteiger partial charge is 0.411 e. The summed E-state index contributed by atoms with van der Waals surface area (Å²) < 4.78 is 6.27. The van der Waals surface area contributed by atoms with Crippen LogP contribution in [0.5, 0.6) is 0 Å². The van der Waals surface area contributed by atoms with Gasteiger partial charge >= 0.3 is 6.98 Å². The molecule has 0 N–H and O–H groups in total. The van der Waals surface area contributed by atoms with Crippen molar-refractivity contribution in [2.45, 2.75) is 20.8 Å². The molecule has 0 amide bonds. The first-order valence-corrected chi connectivity index (χ1v) is 17.2. The van der Waals surface area contributed by atoms with E-state index in [-0.39, 0.29) is 27.1 Å². The van der Waals surface area contributed by atoms with Gasteiger partial charge < -0.3 is 24.0 Å². The standard InChI is InChI=1S/C32H25BN3O.C13H12N.Ir/c1-21-20-34-28(26-14-9-13-25-24-12-7-8-15-31(24)37-32(25)26)19-27(21)22-16-17-29-30(18-22)36(3)33(35(29)2)23-10-5-4-6-11-23;1-10-3-6-12(7-4-10)13-8-5-11(2)9-14-13;/h4-13,15-20H,1-3H3;3-6,8-9H,1-2H3;/q2*-1;. The minimum atomic E-state index is 0. The number of hydrogen-bond donors (Lipinski definition) is 0. The van der Waals surface area contributed by atoms with Gasteiger partial charge in [-0.25, -0.2) is 0 Å². The van der Waals surface area contributed by atoms with Gasteiger partial charge in [0.1, 0.15) is 5.58 Å². The zero-order valence-corrected chi connectivity index (χ0v) is 32.2. The second-order valence-electron chi connectivity index (χ2n) is 13.3. The molecule has 3 aromatic heterocycles. The molecular weight excluding hydrogens is 816 g/mol. The topological polar surface area (TPSA) is 45.4 Å². The van der Waals surface area contributed by atoms with Crippen molar-refractivity contribution in [1.82, 2.24) is 9.97 Å². The molecule has 0 fully saturated rings. The average Bonchev–Trinajstić information content (AvgIpc) is 3.67. The van der Waals surface area contributed by atoms with Crippen LogP contribution < -0.4 is 15.1 Å². The van der Waals surface area contributed by atoms with E-state index in [2.05, 4.69) is 134 Å². The molecule has 5 nitrogen and oxygen atoms in total. The van der Waals surface area contributed by atoms with Gasteiger partial charge in [-0.2, -0.15) is 0 Å². The number of fused-ring (bicyclic) bond motifs is 4. The van der Waals surface area contributed by atoms with Gasteiger partial charge in [0, 0.05) is 49.3 Å². The molecule has 0 aliphatic carbocycles. The minimum Gasteiger partial charge on any atom is -0.501 e. The number of furan rings is 1. The number of pyridine rings is 2. The number of aryl methyl sites for hydroxylation is 3. The van der Waals surface area contributed by atoms with Crippen LogP contribution in [0.25, 0.3) is 55.6 Å². The summed E-state index contributed by atoms with van der Waals surface area (Å²) in [6.07, 6.45) is 3.83. The maximum Gasteiger partial charge on any atom is 0.411 e. The van der Waals surface area contributed by atoms with Gasteiger partial charge in [-0.05, 0) is 85.2 Å². The van der Waals surface area contributed by atoms with E-state index in [1.54, 1.807) is 0 Å². The van der Waals surface area contributed by atoms with Crippen LogP contribution in [0.15, 0.2) is 138 Å². The fraction of sp³-hybridized carbons (Fsp3) is 0.111. The van der Waals surface area contributed by atoms with E-state index in [1.165, 1.54) is 33.5 Å². The van der Waals surface area contributed by atoms with Crippen LogP contribution in [0.4, 0.5) is 11.4 Å². The molecule has 0 spiro atoms. The van der Waals surface area contributed by atoms with Crippen LogP contribution in [-0.2, 0) is 20.1 Å². The normalized spacial score (nSPS) is 12.1. The predicted molar refractivity (Wildman–Crippen MR) is 213 cm³/mol. The second kappa shape index (κ2) is 14.6. The predicted octanol–water partition coefficient (Wildman–Crippen LogP) is 9.87. The van der Waals surface area contributed by atoms with Crippen molar-refractivity contribution in [1.29, 1.82) is 0 Å². The molecule has 52 heavy (non-hydrogen) atoms. The van der Waals surface area contributed by atoms with Crippen LogP contribution in [0.1, 0.15) is 16.7 Å². The van der Waals surface area contributed by atoms with Crippen molar-refractivity contribution in [3.05, 3.63) is 163 Å². The van der Waals surface area contributed by atoms with Crippen molar-refractivity contribution in [2.75, 3.05) is 23.7 Å². The van der Waals surface area contributed by atoms with Crippen molar-refractivity contribution in [2.24, 2.45) is 0 Å². The summed E-state index contributed by atoms with van der Waals surface area (Å²) >= 11 is 0. The molecule has 8 aromatic rings. The van der Waals surface area contributed by atoms with Gasteiger partial charge in [0.05, 0.1) is 5.58 Å². The summed E-state index contributed by atoms with van der Waals surface area (Å²) in [5, 5.41) is 2.20. The van der Waals surface area contributed by atoms with E-state index in [4.69, 9.17) is 9.40 Å². The molecule has 0 bridgehead atoms. The third-order valence-corrected chi connectivity index (χ3v) is 9.73. The maximum absolute atomic E-state index is 6.27. The molecule has 0 unspecified atom stereocenters. The van der Waals surface area contributed by atoms with Gasteiger partial charge in [0.15, 0.2) is 0 Å². The second-order valence-corrected chi connectivity index (χ2v) is 13.3. The number of para-hydroxylation sites is 1. The molecule has 0 saturated heterocycles. The summed E-state index contributed by atoms with van der Waals surface area (Å²) in [5.74, 6) is 0. The van der Waals surface area contributed by atoms with E-state index in [0.717, 1.165) is 55.6 Å². The summed E-state index contributed by atoms with van der Waals surface area (Å²) in [6.45, 7) is 6.38. The summed E-state index contributed by atoms with van der Waals surface area (Å²) in [4.78, 5) is 13.8. The quantitative estimate of drug-likeness (QED) is 0.130. The van der Waals surface area contributed by atoms with Gasteiger partial charge in [-0.15, -0.1) is 53.6 Å². The summed E-state index contributed by atoms with van der Waals surface area (Å²) in [6, 6.07) is 48.6. The molecule has 5 aromatic carbocycles. The number of benzene rings is 5. The Morgan fingerprint density at radius 3 is 2.17 bits per heavy atom. The Kier molecular flexibility index (Phi) is 9.83. The van der Waals surface area contributed by atoms with Gasteiger partial charge in [-0.3, -0.25) is 0 Å². The van der Waals surface area contributed by atoms with Gasteiger partial charge in [0.25, 0.3) is 0 Å². The van der Waals surface area contributed by atoms with Crippen molar-refractivity contribution < 1.29 is 24.5 Å². The minimum absolute atomic E-state index is 0. The molecule has 1 aliphatic rings. The first-order chi connectivity index (χ1) is 24.9. The maximum atomic E-state index is 6.27. The van der Waals surface area contributed by atoms with Crippen LogP contribution in [0.2, 0.25) is 0 Å². The number of rotatable bonds is 4. The Bertz CT molecular complexity index is 2450. The van der Waals surface area contributed by atoms with Crippen LogP contribution in [-0.4, -0.2) is 31.0 Å². The molecule has 4 heterocycles. The Labute approximate surface area is 319 Å². The number of nitrogens with zero attached hydrogens (tertiary/aromatic N) is 4.